The number of carbonyl (C=O) groups is 1. The molecule has 0 spiro atoms. The van der Waals surface area contributed by atoms with Crippen molar-refractivity contribution in [3.63, 3.8) is 0 Å². The highest BCUT2D eigenvalue weighted by atomic mass is 35.5. The summed E-state index contributed by atoms with van der Waals surface area (Å²) in [6, 6.07) is 9.58. The van der Waals surface area contributed by atoms with Gasteiger partial charge in [0.05, 0.1) is 40.7 Å². The first kappa shape index (κ1) is 24.2. The number of H-pyrrole nitrogens is 1. The number of aromatic nitrogens is 6. The molecule has 1 N–H and O–H groups in total. The summed E-state index contributed by atoms with van der Waals surface area (Å²) >= 11 is 6.76. The van der Waals surface area contributed by atoms with Gasteiger partial charge in [-0.3, -0.25) is 9.67 Å². The van der Waals surface area contributed by atoms with E-state index in [9.17, 15) is 4.79 Å². The van der Waals surface area contributed by atoms with E-state index in [0.717, 1.165) is 35.3 Å². The third-order valence-corrected chi connectivity index (χ3v) is 7.17. The minimum atomic E-state index is 0.0493. The second kappa shape index (κ2) is 9.60. The first-order valence-electron chi connectivity index (χ1n) is 12.5. The molecular weight excluding hydrogens is 504 g/mol. The van der Waals surface area contributed by atoms with Crippen molar-refractivity contribution in [2.45, 2.75) is 25.8 Å². The number of likely N-dealkylation sites (tertiary alicyclic amines) is 1. The molecule has 1 aliphatic rings. The molecule has 2 amide bonds. The van der Waals surface area contributed by atoms with Gasteiger partial charge in [0.15, 0.2) is 0 Å². The smallest absolute Gasteiger partial charge is 0.319 e. The Morgan fingerprint density at radius 2 is 1.89 bits per heavy atom. The van der Waals surface area contributed by atoms with E-state index >= 15 is 0 Å². The number of amides is 2. The Kier molecular flexibility index (Phi) is 6.11. The summed E-state index contributed by atoms with van der Waals surface area (Å²) in [5.74, 6) is 1.99. The van der Waals surface area contributed by atoms with Crippen LogP contribution in [0.2, 0.25) is 5.02 Å². The number of hydrogen-bond donors (Lipinski definition) is 1. The SMILES string of the molecule is Cc1nc2ccc(Oc3ccc4ncc(-c5cnn(C6CCN(C(=O)N(C)C)CC6)c5)nc4c3Cl)cc2[nH]1. The number of nitrogens with one attached hydrogen (secondary N) is 1. The molecule has 6 rings (SSSR count). The molecule has 3 aromatic heterocycles. The van der Waals surface area contributed by atoms with Crippen molar-refractivity contribution in [1.29, 1.82) is 0 Å². The quantitative estimate of drug-likeness (QED) is 0.331. The molecule has 1 fully saturated rings. The summed E-state index contributed by atoms with van der Waals surface area (Å²) in [4.78, 5) is 32.8. The number of urea groups is 1. The predicted molar refractivity (Wildman–Crippen MR) is 146 cm³/mol. The fraction of sp³-hybridized carbons (Fsp3) is 0.296. The van der Waals surface area contributed by atoms with Crippen LogP contribution >= 0.6 is 11.6 Å². The van der Waals surface area contributed by atoms with Crippen LogP contribution in [0.3, 0.4) is 0 Å². The minimum Gasteiger partial charge on any atom is -0.456 e. The Balaban J connectivity index is 1.23. The maximum absolute atomic E-state index is 12.2. The van der Waals surface area contributed by atoms with Gasteiger partial charge in [-0.05, 0) is 44.0 Å². The average molecular weight is 531 g/mol. The van der Waals surface area contributed by atoms with Crippen LogP contribution in [-0.4, -0.2) is 72.7 Å². The minimum absolute atomic E-state index is 0.0493. The van der Waals surface area contributed by atoms with Crippen LogP contribution in [0.1, 0.15) is 24.7 Å². The lowest BCUT2D eigenvalue weighted by Gasteiger charge is -2.33. The lowest BCUT2D eigenvalue weighted by molar-refractivity contribution is 0.146. The van der Waals surface area contributed by atoms with Gasteiger partial charge in [0.25, 0.3) is 0 Å². The standard InChI is InChI=1S/C27H27ClN8O2/c1-16-31-20-5-4-19(12-22(20)32-16)38-24-7-6-21-26(25(24)28)33-23(14-29-21)17-13-30-36(15-17)18-8-10-35(11-9-18)27(37)34(2)3/h4-7,12-15,18H,8-11H2,1-3H3,(H,31,32). The zero-order valence-corrected chi connectivity index (χ0v) is 22.1. The van der Waals surface area contributed by atoms with E-state index in [1.54, 1.807) is 37.5 Å². The molecule has 0 bridgehead atoms. The van der Waals surface area contributed by atoms with Gasteiger partial charge in [-0.1, -0.05) is 11.6 Å². The van der Waals surface area contributed by atoms with Crippen molar-refractivity contribution in [3.8, 4) is 22.8 Å². The molecule has 1 saturated heterocycles. The van der Waals surface area contributed by atoms with E-state index in [1.807, 2.05) is 47.0 Å². The van der Waals surface area contributed by atoms with Crippen LogP contribution in [0.25, 0.3) is 33.3 Å². The highest BCUT2D eigenvalue weighted by Crippen LogP contribution is 2.36. The maximum Gasteiger partial charge on any atom is 0.319 e. The summed E-state index contributed by atoms with van der Waals surface area (Å²) in [7, 11) is 3.56. The Bertz CT molecular complexity index is 1650. The fourth-order valence-corrected chi connectivity index (χ4v) is 5.07. The van der Waals surface area contributed by atoms with E-state index in [4.69, 9.17) is 21.3 Å². The zero-order valence-electron chi connectivity index (χ0n) is 21.3. The lowest BCUT2D eigenvalue weighted by Crippen LogP contribution is -2.44. The maximum atomic E-state index is 12.2. The fourth-order valence-electron chi connectivity index (χ4n) is 4.83. The highest BCUT2D eigenvalue weighted by Gasteiger charge is 2.25. The van der Waals surface area contributed by atoms with Crippen LogP contribution in [0.15, 0.2) is 48.9 Å². The molecular formula is C27H27ClN8O2. The molecule has 0 atom stereocenters. The molecule has 10 nitrogen and oxygen atoms in total. The van der Waals surface area contributed by atoms with Crippen LogP contribution in [0, 0.1) is 6.92 Å². The van der Waals surface area contributed by atoms with Gasteiger partial charge < -0.3 is 19.5 Å². The number of hydrogen-bond acceptors (Lipinski definition) is 6. The summed E-state index contributed by atoms with van der Waals surface area (Å²) in [5, 5.41) is 4.98. The van der Waals surface area contributed by atoms with Gasteiger partial charge in [0, 0.05) is 45.0 Å². The van der Waals surface area contributed by atoms with Gasteiger partial charge in [-0.15, -0.1) is 0 Å². The molecule has 5 aromatic rings. The number of aromatic amines is 1. The summed E-state index contributed by atoms with van der Waals surface area (Å²) < 4.78 is 8.07. The first-order valence-corrected chi connectivity index (χ1v) is 12.8. The number of carbonyl (C=O) groups excluding carboxylic acids is 1. The lowest BCUT2D eigenvalue weighted by atomic mass is 10.1. The zero-order chi connectivity index (χ0) is 26.4. The first-order chi connectivity index (χ1) is 18.4. The molecule has 11 heteroatoms. The van der Waals surface area contributed by atoms with Crippen LogP contribution < -0.4 is 4.74 Å². The van der Waals surface area contributed by atoms with Gasteiger partial charge >= 0.3 is 6.03 Å². The Morgan fingerprint density at radius 1 is 1.11 bits per heavy atom. The molecule has 0 saturated carbocycles. The second-order valence-corrected chi connectivity index (χ2v) is 10.1. The van der Waals surface area contributed by atoms with Crippen LogP contribution in [-0.2, 0) is 0 Å². The second-order valence-electron chi connectivity index (χ2n) is 9.71. The van der Waals surface area contributed by atoms with E-state index in [0.29, 0.717) is 46.3 Å². The van der Waals surface area contributed by atoms with Crippen molar-refractivity contribution in [2.24, 2.45) is 0 Å². The third-order valence-electron chi connectivity index (χ3n) is 6.81. The Morgan fingerprint density at radius 3 is 2.68 bits per heavy atom. The predicted octanol–water partition coefficient (Wildman–Crippen LogP) is 5.44. The summed E-state index contributed by atoms with van der Waals surface area (Å²) in [6.45, 7) is 3.33. The van der Waals surface area contributed by atoms with E-state index in [2.05, 4.69) is 20.1 Å². The number of benzene rings is 2. The van der Waals surface area contributed by atoms with Gasteiger partial charge in [0.1, 0.15) is 27.9 Å². The third kappa shape index (κ3) is 4.51. The number of imidazole rings is 1. The molecule has 38 heavy (non-hydrogen) atoms. The van der Waals surface area contributed by atoms with Crippen molar-refractivity contribution in [1.82, 2.24) is 39.5 Å². The van der Waals surface area contributed by atoms with Gasteiger partial charge in [-0.2, -0.15) is 5.10 Å². The number of nitrogens with zero attached hydrogens (tertiary/aromatic N) is 7. The van der Waals surface area contributed by atoms with E-state index in [-0.39, 0.29) is 12.1 Å². The Labute approximate surface area is 224 Å². The van der Waals surface area contributed by atoms with Crippen molar-refractivity contribution >= 4 is 39.7 Å². The molecule has 4 heterocycles. The number of ether oxygens (including phenoxy) is 1. The molecule has 0 radical (unpaired) electrons. The molecule has 194 valence electrons. The number of piperidine rings is 1. The normalized spacial score (nSPS) is 14.4. The summed E-state index contributed by atoms with van der Waals surface area (Å²) in [5.41, 5.74) is 4.54. The number of halogens is 1. The van der Waals surface area contributed by atoms with E-state index in [1.165, 1.54) is 0 Å². The summed E-state index contributed by atoms with van der Waals surface area (Å²) in [6.07, 6.45) is 7.21. The molecule has 2 aromatic carbocycles. The van der Waals surface area contributed by atoms with Gasteiger partial charge in [-0.25, -0.2) is 14.8 Å². The van der Waals surface area contributed by atoms with Crippen LogP contribution in [0.5, 0.6) is 11.5 Å². The largest absolute Gasteiger partial charge is 0.456 e. The van der Waals surface area contributed by atoms with Crippen molar-refractivity contribution in [2.75, 3.05) is 27.2 Å². The topological polar surface area (TPSA) is 105 Å². The molecule has 0 aliphatic carbocycles. The monoisotopic (exact) mass is 530 g/mol. The van der Waals surface area contributed by atoms with Crippen molar-refractivity contribution < 1.29 is 9.53 Å². The van der Waals surface area contributed by atoms with Crippen molar-refractivity contribution in [3.05, 3.63) is 59.8 Å². The van der Waals surface area contributed by atoms with E-state index < -0.39 is 0 Å². The van der Waals surface area contributed by atoms with Crippen LogP contribution in [0.4, 0.5) is 4.79 Å². The molecule has 1 aliphatic heterocycles. The number of rotatable bonds is 4. The average Bonchev–Trinajstić information content (AvgIpc) is 3.56. The highest BCUT2D eigenvalue weighted by molar-refractivity contribution is 6.36. The number of aryl methyl sites for hydroxylation is 1. The molecule has 0 unspecified atom stereocenters. The number of fused-ring (bicyclic) bond motifs is 2. The van der Waals surface area contributed by atoms with Gasteiger partial charge in [0.2, 0.25) is 0 Å². The Hall–Kier alpha value is -4.18.